The van der Waals surface area contributed by atoms with Gasteiger partial charge in [-0.3, -0.25) is 0 Å². The minimum absolute atomic E-state index is 0.0784. The van der Waals surface area contributed by atoms with E-state index in [9.17, 15) is 5.11 Å². The summed E-state index contributed by atoms with van der Waals surface area (Å²) in [5.41, 5.74) is 0.0784. The summed E-state index contributed by atoms with van der Waals surface area (Å²) in [7, 11) is -3.69. The van der Waals surface area contributed by atoms with Crippen LogP contribution in [-0.4, -0.2) is 34.2 Å². The Balaban J connectivity index is 2.88. The lowest BCUT2D eigenvalue weighted by atomic mass is 10.2. The fourth-order valence-corrected chi connectivity index (χ4v) is 6.71. The highest BCUT2D eigenvalue weighted by Gasteiger charge is 2.40. The predicted octanol–water partition coefficient (Wildman–Crippen LogP) is 4.54. The van der Waals surface area contributed by atoms with Crippen LogP contribution in [0, 0.1) is 0 Å². The number of hydrogen-bond donors (Lipinski definition) is 1. The van der Waals surface area contributed by atoms with Gasteiger partial charge < -0.3 is 9.53 Å². The Morgan fingerprint density at radius 2 is 1.65 bits per heavy atom. The van der Waals surface area contributed by atoms with Gasteiger partial charge in [-0.2, -0.15) is 0 Å². The minimum Gasteiger partial charge on any atom is -0.414 e. The van der Waals surface area contributed by atoms with Crippen molar-refractivity contribution in [3.8, 4) is 0 Å². The maximum atomic E-state index is 10.8. The molecular weight excluding hydrogens is 316 g/mol. The maximum absolute atomic E-state index is 10.8. The molecule has 0 unspecified atom stereocenters. The van der Waals surface area contributed by atoms with Gasteiger partial charge in [0.1, 0.15) is 0 Å². The first-order valence-electron chi connectivity index (χ1n) is 8.43. The Bertz CT molecular complexity index is 504. The smallest absolute Gasteiger partial charge is 0.192 e. The molecule has 130 valence electrons. The van der Waals surface area contributed by atoms with Gasteiger partial charge in [0.25, 0.3) is 0 Å². The second-order valence-corrected chi connectivity index (χ2v) is 18.0. The molecule has 0 amide bonds. The van der Waals surface area contributed by atoms with Gasteiger partial charge >= 0.3 is 0 Å². The molecule has 0 bridgehead atoms. The topological polar surface area (TPSA) is 29.5 Å². The molecule has 0 aliphatic carbocycles. The molecule has 0 spiro atoms. The van der Waals surface area contributed by atoms with Crippen LogP contribution in [0.5, 0.6) is 0 Å². The summed E-state index contributed by atoms with van der Waals surface area (Å²) in [4.78, 5) is 0. The van der Waals surface area contributed by atoms with Crippen molar-refractivity contribution in [2.45, 2.75) is 63.6 Å². The molecule has 2 nitrogen and oxygen atoms in total. The molecule has 2 atom stereocenters. The molecule has 0 aliphatic rings. The van der Waals surface area contributed by atoms with Gasteiger partial charge in [0.2, 0.25) is 0 Å². The molecule has 0 radical (unpaired) electrons. The number of rotatable bonds is 7. The second-order valence-electron chi connectivity index (χ2n) is 8.49. The molecule has 0 fully saturated rings. The highest BCUT2D eigenvalue weighted by atomic mass is 28.4. The lowest BCUT2D eigenvalue weighted by molar-refractivity contribution is 0.101. The average molecular weight is 351 g/mol. The number of aliphatic hydroxyl groups is 1. The highest BCUT2D eigenvalue weighted by Crippen LogP contribution is 2.37. The van der Waals surface area contributed by atoms with Crippen LogP contribution in [0.15, 0.2) is 43.0 Å². The summed E-state index contributed by atoms with van der Waals surface area (Å²) in [6.07, 6.45) is 1.43. The summed E-state index contributed by atoms with van der Waals surface area (Å²) in [5, 5.41) is 12.3. The third kappa shape index (κ3) is 4.89. The SMILES string of the molecule is C=C[C@@H]([C@H](O)CO[Si](C)(C)C(C)(C)C)[Si](C)(C)c1ccccc1. The van der Waals surface area contributed by atoms with Crippen molar-refractivity contribution >= 4 is 21.6 Å². The monoisotopic (exact) mass is 350 g/mol. The minimum atomic E-state index is -1.85. The fourth-order valence-electron chi connectivity index (χ4n) is 2.61. The zero-order chi connectivity index (χ0) is 17.9. The van der Waals surface area contributed by atoms with Crippen molar-refractivity contribution in [2.24, 2.45) is 0 Å². The van der Waals surface area contributed by atoms with Gasteiger partial charge in [0, 0.05) is 5.54 Å². The Morgan fingerprint density at radius 1 is 1.13 bits per heavy atom. The highest BCUT2D eigenvalue weighted by molar-refractivity contribution is 6.91. The van der Waals surface area contributed by atoms with E-state index in [1.807, 2.05) is 12.1 Å². The van der Waals surface area contributed by atoms with E-state index in [4.69, 9.17) is 4.43 Å². The number of benzene rings is 1. The van der Waals surface area contributed by atoms with Crippen molar-refractivity contribution in [3.63, 3.8) is 0 Å². The van der Waals surface area contributed by atoms with E-state index in [1.54, 1.807) is 0 Å². The van der Waals surface area contributed by atoms with Crippen LogP contribution >= 0.6 is 0 Å². The standard InChI is InChI=1S/C19H34O2Si2/c1-9-18(22(5,6)16-13-11-10-12-14-16)17(20)15-21-23(7,8)19(2,3)4/h9-14,17-18,20H,1,15H2,2-8H3/t17-,18+/m1/s1. The third-order valence-corrected chi connectivity index (χ3v) is 14.0. The third-order valence-electron chi connectivity index (χ3n) is 5.44. The van der Waals surface area contributed by atoms with Crippen LogP contribution in [-0.2, 0) is 4.43 Å². The van der Waals surface area contributed by atoms with Crippen LogP contribution in [0.3, 0.4) is 0 Å². The van der Waals surface area contributed by atoms with Crippen LogP contribution in [0.2, 0.25) is 36.8 Å². The van der Waals surface area contributed by atoms with Gasteiger partial charge in [0.15, 0.2) is 8.32 Å². The summed E-state index contributed by atoms with van der Waals surface area (Å²) >= 11 is 0. The Kier molecular flexibility index (Phi) is 6.61. The van der Waals surface area contributed by atoms with Gasteiger partial charge in [-0.1, -0.05) is 75.5 Å². The van der Waals surface area contributed by atoms with Gasteiger partial charge in [-0.15, -0.1) is 6.58 Å². The van der Waals surface area contributed by atoms with Crippen LogP contribution in [0.25, 0.3) is 0 Å². The summed E-state index contributed by atoms with van der Waals surface area (Å²) in [6, 6.07) is 10.5. The normalized spacial score (nSPS) is 16.0. The molecule has 23 heavy (non-hydrogen) atoms. The van der Waals surface area contributed by atoms with E-state index >= 15 is 0 Å². The first-order chi connectivity index (χ1) is 10.4. The van der Waals surface area contributed by atoms with E-state index in [2.05, 4.69) is 77.8 Å². The van der Waals surface area contributed by atoms with Crippen molar-refractivity contribution < 1.29 is 9.53 Å². The fraction of sp³-hybridized carbons (Fsp3) is 0.579. The van der Waals surface area contributed by atoms with Crippen molar-refractivity contribution in [1.29, 1.82) is 0 Å². The number of aliphatic hydroxyl groups excluding tert-OH is 1. The molecule has 0 aromatic heterocycles. The first-order valence-corrected chi connectivity index (χ1v) is 14.4. The van der Waals surface area contributed by atoms with Crippen LogP contribution in [0.1, 0.15) is 20.8 Å². The maximum Gasteiger partial charge on any atom is 0.192 e. The molecule has 0 heterocycles. The zero-order valence-corrected chi connectivity index (χ0v) is 17.9. The van der Waals surface area contributed by atoms with Crippen LogP contribution < -0.4 is 5.19 Å². The van der Waals surface area contributed by atoms with E-state index < -0.39 is 22.5 Å². The molecule has 1 aromatic rings. The first kappa shape index (κ1) is 20.4. The molecule has 4 heteroatoms. The van der Waals surface area contributed by atoms with Gasteiger partial charge in [-0.25, -0.2) is 0 Å². The molecule has 1 N–H and O–H groups in total. The Labute approximate surface area is 144 Å². The van der Waals surface area contributed by atoms with Crippen molar-refractivity contribution in [1.82, 2.24) is 0 Å². The quantitative estimate of drug-likeness (QED) is 0.578. The molecule has 0 aliphatic heterocycles. The largest absolute Gasteiger partial charge is 0.414 e. The summed E-state index contributed by atoms with van der Waals surface area (Å²) in [6.45, 7) is 20.1. The summed E-state index contributed by atoms with van der Waals surface area (Å²) < 4.78 is 6.23. The second kappa shape index (κ2) is 7.47. The van der Waals surface area contributed by atoms with Crippen LogP contribution in [0.4, 0.5) is 0 Å². The lowest BCUT2D eigenvalue weighted by Crippen LogP contribution is -2.51. The van der Waals surface area contributed by atoms with Gasteiger partial charge in [0.05, 0.1) is 20.8 Å². The van der Waals surface area contributed by atoms with E-state index in [0.717, 1.165) is 0 Å². The number of hydrogen-bond acceptors (Lipinski definition) is 2. The summed E-state index contributed by atoms with van der Waals surface area (Å²) in [5.74, 6) is 0. The predicted molar refractivity (Wildman–Crippen MR) is 107 cm³/mol. The molecule has 1 rings (SSSR count). The zero-order valence-electron chi connectivity index (χ0n) is 15.9. The Hall–Kier alpha value is -0.686. The van der Waals surface area contributed by atoms with E-state index in [-0.39, 0.29) is 10.6 Å². The molecule has 1 aromatic carbocycles. The Morgan fingerprint density at radius 3 is 2.09 bits per heavy atom. The van der Waals surface area contributed by atoms with Crippen molar-refractivity contribution in [3.05, 3.63) is 43.0 Å². The molecule has 0 saturated carbocycles. The van der Waals surface area contributed by atoms with Gasteiger partial charge in [-0.05, 0) is 18.1 Å². The molecule has 0 saturated heterocycles. The average Bonchev–Trinajstić information content (AvgIpc) is 2.45. The molecular formula is C19H34O2Si2. The lowest BCUT2D eigenvalue weighted by Gasteiger charge is -2.39. The van der Waals surface area contributed by atoms with Crippen molar-refractivity contribution in [2.75, 3.05) is 6.61 Å². The van der Waals surface area contributed by atoms with E-state index in [1.165, 1.54) is 5.19 Å². The van der Waals surface area contributed by atoms with E-state index in [0.29, 0.717) is 6.61 Å².